The summed E-state index contributed by atoms with van der Waals surface area (Å²) < 4.78 is 0. The summed E-state index contributed by atoms with van der Waals surface area (Å²) in [5.74, 6) is -0.0239. The van der Waals surface area contributed by atoms with E-state index in [1.54, 1.807) is 30.3 Å². The summed E-state index contributed by atoms with van der Waals surface area (Å²) >= 11 is 17.9. The molecule has 0 aliphatic rings. The molecule has 2 aromatic carbocycles. The molecule has 0 saturated heterocycles. The van der Waals surface area contributed by atoms with Gasteiger partial charge in [0, 0.05) is 17.0 Å². The Labute approximate surface area is 127 Å². The number of carbonyl (C=O) groups is 1. The van der Waals surface area contributed by atoms with Gasteiger partial charge in [-0.05, 0) is 36.2 Å². The predicted molar refractivity (Wildman–Crippen MR) is 80.7 cm³/mol. The van der Waals surface area contributed by atoms with Gasteiger partial charge in [0.15, 0.2) is 5.78 Å². The van der Waals surface area contributed by atoms with Crippen LogP contribution in [0.4, 0.5) is 0 Å². The van der Waals surface area contributed by atoms with E-state index in [0.717, 1.165) is 11.1 Å². The Hall–Kier alpha value is -1.02. The van der Waals surface area contributed by atoms with Gasteiger partial charge in [0.1, 0.15) is 0 Å². The highest BCUT2D eigenvalue weighted by Crippen LogP contribution is 2.27. The fraction of sp³-hybridized carbons (Fsp3) is 0.133. The summed E-state index contributed by atoms with van der Waals surface area (Å²) in [6, 6.07) is 10.5. The number of hydrogen-bond donors (Lipinski definition) is 0. The van der Waals surface area contributed by atoms with Crippen molar-refractivity contribution in [2.75, 3.05) is 0 Å². The average Bonchev–Trinajstić information content (AvgIpc) is 2.38. The second kappa shape index (κ2) is 5.96. The summed E-state index contributed by atoms with van der Waals surface area (Å²) in [4.78, 5) is 12.3. The Balaban J connectivity index is 2.31. The fourth-order valence-electron chi connectivity index (χ4n) is 1.85. The van der Waals surface area contributed by atoms with Gasteiger partial charge in [-0.1, -0.05) is 53.0 Å². The molecule has 98 valence electrons. The normalized spacial score (nSPS) is 10.5. The van der Waals surface area contributed by atoms with Crippen molar-refractivity contribution in [1.82, 2.24) is 0 Å². The van der Waals surface area contributed by atoms with Gasteiger partial charge in [-0.15, -0.1) is 0 Å². The topological polar surface area (TPSA) is 17.1 Å². The van der Waals surface area contributed by atoms with Crippen molar-refractivity contribution < 1.29 is 4.79 Å². The van der Waals surface area contributed by atoms with Gasteiger partial charge in [-0.25, -0.2) is 0 Å². The molecule has 0 aromatic heterocycles. The molecule has 0 radical (unpaired) electrons. The molecule has 0 fully saturated rings. The van der Waals surface area contributed by atoms with Gasteiger partial charge in [-0.3, -0.25) is 4.79 Å². The van der Waals surface area contributed by atoms with Crippen LogP contribution in [0.5, 0.6) is 0 Å². The summed E-state index contributed by atoms with van der Waals surface area (Å²) in [5, 5.41) is 1.43. The Morgan fingerprint density at radius 1 is 1.11 bits per heavy atom. The lowest BCUT2D eigenvalue weighted by atomic mass is 9.99. The van der Waals surface area contributed by atoms with Crippen molar-refractivity contribution in [2.24, 2.45) is 0 Å². The van der Waals surface area contributed by atoms with E-state index < -0.39 is 0 Å². The van der Waals surface area contributed by atoms with E-state index in [9.17, 15) is 4.79 Å². The van der Waals surface area contributed by atoms with Gasteiger partial charge < -0.3 is 0 Å². The molecular formula is C15H11Cl3O. The zero-order valence-corrected chi connectivity index (χ0v) is 12.5. The minimum atomic E-state index is -0.0239. The molecule has 0 aliphatic heterocycles. The molecule has 19 heavy (non-hydrogen) atoms. The van der Waals surface area contributed by atoms with E-state index in [-0.39, 0.29) is 12.2 Å². The summed E-state index contributed by atoms with van der Waals surface area (Å²) in [5.41, 5.74) is 2.23. The van der Waals surface area contributed by atoms with Gasteiger partial charge in [0.2, 0.25) is 0 Å². The zero-order chi connectivity index (χ0) is 14.0. The van der Waals surface area contributed by atoms with Crippen molar-refractivity contribution in [1.29, 1.82) is 0 Å². The molecule has 0 spiro atoms. The van der Waals surface area contributed by atoms with Crippen LogP contribution in [0.25, 0.3) is 0 Å². The van der Waals surface area contributed by atoms with Crippen LogP contribution in [0.1, 0.15) is 21.5 Å². The first-order valence-electron chi connectivity index (χ1n) is 5.71. The SMILES string of the molecule is Cc1ccc(Cl)cc1C(=O)Cc1cccc(Cl)c1Cl. The largest absolute Gasteiger partial charge is 0.294 e. The Morgan fingerprint density at radius 2 is 1.84 bits per heavy atom. The van der Waals surface area contributed by atoms with Gasteiger partial charge in [0.25, 0.3) is 0 Å². The summed E-state index contributed by atoms with van der Waals surface area (Å²) in [6.07, 6.45) is 0.209. The first-order chi connectivity index (χ1) is 8.99. The highest BCUT2D eigenvalue weighted by molar-refractivity contribution is 6.42. The van der Waals surface area contributed by atoms with Crippen molar-refractivity contribution in [3.63, 3.8) is 0 Å². The molecule has 0 heterocycles. The second-order valence-corrected chi connectivity index (χ2v) is 5.49. The predicted octanol–water partition coefficient (Wildman–Crippen LogP) is 5.38. The molecule has 0 amide bonds. The number of ketones is 1. The van der Waals surface area contributed by atoms with Crippen LogP contribution < -0.4 is 0 Å². The van der Waals surface area contributed by atoms with E-state index >= 15 is 0 Å². The number of halogens is 3. The third kappa shape index (κ3) is 3.30. The first kappa shape index (κ1) is 14.4. The minimum Gasteiger partial charge on any atom is -0.294 e. The molecular weight excluding hydrogens is 303 g/mol. The lowest BCUT2D eigenvalue weighted by Gasteiger charge is -2.08. The van der Waals surface area contributed by atoms with Crippen molar-refractivity contribution >= 4 is 40.6 Å². The van der Waals surface area contributed by atoms with Crippen molar-refractivity contribution in [3.05, 3.63) is 68.2 Å². The highest BCUT2D eigenvalue weighted by atomic mass is 35.5. The molecule has 4 heteroatoms. The molecule has 0 saturated carbocycles. The van der Waals surface area contributed by atoms with E-state index in [4.69, 9.17) is 34.8 Å². The number of carbonyl (C=O) groups excluding carboxylic acids is 1. The molecule has 0 aliphatic carbocycles. The maximum atomic E-state index is 12.3. The standard InChI is InChI=1S/C15H11Cl3O/c1-9-5-6-11(16)8-12(9)14(19)7-10-3-2-4-13(17)15(10)18/h2-6,8H,7H2,1H3. The zero-order valence-electron chi connectivity index (χ0n) is 10.2. The monoisotopic (exact) mass is 312 g/mol. The highest BCUT2D eigenvalue weighted by Gasteiger charge is 2.13. The summed E-state index contributed by atoms with van der Waals surface area (Å²) in [6.45, 7) is 1.88. The van der Waals surface area contributed by atoms with E-state index in [1.165, 1.54) is 0 Å². The van der Waals surface area contributed by atoms with Gasteiger partial charge in [-0.2, -0.15) is 0 Å². The maximum absolute atomic E-state index is 12.3. The van der Waals surface area contributed by atoms with Crippen molar-refractivity contribution in [2.45, 2.75) is 13.3 Å². The maximum Gasteiger partial charge on any atom is 0.167 e. The number of hydrogen-bond acceptors (Lipinski definition) is 1. The molecule has 2 rings (SSSR count). The molecule has 0 unspecified atom stereocenters. The van der Waals surface area contributed by atoms with Crippen LogP contribution in [0.3, 0.4) is 0 Å². The summed E-state index contributed by atoms with van der Waals surface area (Å²) in [7, 11) is 0. The Bertz CT molecular complexity index is 635. The minimum absolute atomic E-state index is 0.0239. The van der Waals surface area contributed by atoms with Crippen LogP contribution >= 0.6 is 34.8 Å². The number of rotatable bonds is 3. The number of aryl methyl sites for hydroxylation is 1. The quantitative estimate of drug-likeness (QED) is 0.695. The van der Waals surface area contributed by atoms with Gasteiger partial charge in [0.05, 0.1) is 10.0 Å². The van der Waals surface area contributed by atoms with Crippen LogP contribution in [-0.4, -0.2) is 5.78 Å². The lowest BCUT2D eigenvalue weighted by Crippen LogP contribution is -2.06. The van der Waals surface area contributed by atoms with E-state index in [1.807, 2.05) is 13.0 Å². The Kier molecular flexibility index (Phi) is 4.51. The molecule has 0 atom stereocenters. The third-order valence-electron chi connectivity index (χ3n) is 2.88. The smallest absolute Gasteiger partial charge is 0.167 e. The van der Waals surface area contributed by atoms with Crippen LogP contribution in [0, 0.1) is 6.92 Å². The number of benzene rings is 2. The van der Waals surface area contributed by atoms with Gasteiger partial charge >= 0.3 is 0 Å². The van der Waals surface area contributed by atoms with Crippen LogP contribution in [0.15, 0.2) is 36.4 Å². The molecule has 1 nitrogen and oxygen atoms in total. The molecule has 0 N–H and O–H groups in total. The number of Topliss-reactive ketones (excluding diaryl/α,β-unsaturated/α-hetero) is 1. The third-order valence-corrected chi connectivity index (χ3v) is 3.98. The average molecular weight is 314 g/mol. The van der Waals surface area contributed by atoms with Crippen LogP contribution in [0.2, 0.25) is 15.1 Å². The second-order valence-electron chi connectivity index (χ2n) is 4.27. The molecule has 0 bridgehead atoms. The Morgan fingerprint density at radius 3 is 2.58 bits per heavy atom. The van der Waals surface area contributed by atoms with E-state index in [0.29, 0.717) is 20.6 Å². The van der Waals surface area contributed by atoms with Crippen LogP contribution in [-0.2, 0) is 6.42 Å². The fourth-order valence-corrected chi connectivity index (χ4v) is 2.41. The lowest BCUT2D eigenvalue weighted by molar-refractivity contribution is 0.0992. The van der Waals surface area contributed by atoms with Crippen molar-refractivity contribution in [3.8, 4) is 0 Å². The van der Waals surface area contributed by atoms with E-state index in [2.05, 4.69) is 0 Å². The molecule has 2 aromatic rings. The first-order valence-corrected chi connectivity index (χ1v) is 6.84.